The van der Waals surface area contributed by atoms with Gasteiger partial charge in [0.25, 0.3) is 0 Å². The molecule has 0 saturated carbocycles. The topological polar surface area (TPSA) is 116 Å². The van der Waals surface area contributed by atoms with Gasteiger partial charge < -0.3 is 29.9 Å². The van der Waals surface area contributed by atoms with E-state index in [1.54, 1.807) is 0 Å². The largest absolute Gasteiger partial charge is 0.430 e. The summed E-state index contributed by atoms with van der Waals surface area (Å²) in [4.78, 5) is 11.8. The molecule has 0 spiro atoms. The number of benzene rings is 1. The van der Waals surface area contributed by atoms with Crippen LogP contribution in [-0.4, -0.2) is 63.7 Å². The van der Waals surface area contributed by atoms with Crippen LogP contribution in [0.4, 0.5) is 13.2 Å². The maximum atomic E-state index is 12.6. The number of aliphatic hydroxyl groups excluding tert-OH is 4. The minimum atomic E-state index is -4.53. The second kappa shape index (κ2) is 8.14. The summed E-state index contributed by atoms with van der Waals surface area (Å²) in [6, 6.07) is 4.22. The average molecular weight is 378 g/mol. The number of carbonyl (C=O) groups is 1. The predicted molar refractivity (Wildman–Crippen MR) is 80.3 cm³/mol. The van der Waals surface area contributed by atoms with E-state index in [4.69, 9.17) is 14.6 Å². The Morgan fingerprint density at radius 3 is 2.50 bits per heavy atom. The molecule has 1 aliphatic rings. The van der Waals surface area contributed by atoms with Gasteiger partial charge in [-0.05, 0) is 23.8 Å². The zero-order valence-electron chi connectivity index (χ0n) is 13.2. The van der Waals surface area contributed by atoms with Crippen molar-refractivity contribution in [2.75, 3.05) is 6.61 Å². The van der Waals surface area contributed by atoms with Crippen LogP contribution in [0.15, 0.2) is 30.3 Å². The van der Waals surface area contributed by atoms with Gasteiger partial charge in [0.1, 0.15) is 24.4 Å². The van der Waals surface area contributed by atoms with Crippen LogP contribution in [0, 0.1) is 0 Å². The molecule has 10 heteroatoms. The van der Waals surface area contributed by atoms with E-state index in [0.29, 0.717) is 0 Å². The minimum absolute atomic E-state index is 0.0885. The molecule has 0 amide bonds. The molecule has 1 aliphatic heterocycles. The van der Waals surface area contributed by atoms with E-state index < -0.39 is 55.0 Å². The summed E-state index contributed by atoms with van der Waals surface area (Å²) in [5.41, 5.74) is -0.799. The molecule has 0 bridgehead atoms. The Kier molecular flexibility index (Phi) is 6.37. The van der Waals surface area contributed by atoms with Crippen LogP contribution in [0.1, 0.15) is 11.1 Å². The van der Waals surface area contributed by atoms with E-state index in [1.807, 2.05) is 0 Å². The Morgan fingerprint density at radius 1 is 1.19 bits per heavy atom. The number of esters is 1. The van der Waals surface area contributed by atoms with Gasteiger partial charge in [0.2, 0.25) is 6.29 Å². The summed E-state index contributed by atoms with van der Waals surface area (Å²) < 4.78 is 47.7. The number of aliphatic hydroxyl groups is 4. The molecular weight excluding hydrogens is 361 g/mol. The number of alkyl halides is 3. The molecular formula is C16H17F3O7. The number of carbonyl (C=O) groups excluding carboxylic acids is 1. The predicted octanol–water partition coefficient (Wildman–Crippen LogP) is 0.0617. The summed E-state index contributed by atoms with van der Waals surface area (Å²) in [5.74, 6) is -1.06. The summed E-state index contributed by atoms with van der Waals surface area (Å²) >= 11 is 0. The van der Waals surface area contributed by atoms with Crippen LogP contribution < -0.4 is 0 Å². The number of hydrogen-bond acceptors (Lipinski definition) is 7. The zero-order chi connectivity index (χ0) is 19.5. The SMILES string of the molecule is O=C(/C=C\c1cccc(C(F)(F)F)c1)O[C@@H]1O[C@H](CO)[C@@H](O)[C@H](O)[C@H]1O. The molecule has 144 valence electrons. The van der Waals surface area contributed by atoms with Crippen LogP contribution in [0.5, 0.6) is 0 Å². The third-order valence-electron chi connectivity index (χ3n) is 3.71. The van der Waals surface area contributed by atoms with Gasteiger partial charge in [0.15, 0.2) is 0 Å². The number of rotatable bonds is 4. The second-order valence-electron chi connectivity index (χ2n) is 5.59. The van der Waals surface area contributed by atoms with Crippen molar-refractivity contribution < 1.29 is 47.9 Å². The monoisotopic (exact) mass is 378 g/mol. The van der Waals surface area contributed by atoms with Crippen molar-refractivity contribution in [3.8, 4) is 0 Å². The van der Waals surface area contributed by atoms with E-state index >= 15 is 0 Å². The fourth-order valence-corrected chi connectivity index (χ4v) is 2.30. The van der Waals surface area contributed by atoms with Crippen LogP contribution in [0.3, 0.4) is 0 Å². The molecule has 0 radical (unpaired) electrons. The molecule has 0 aromatic heterocycles. The third-order valence-corrected chi connectivity index (χ3v) is 3.71. The minimum Gasteiger partial charge on any atom is -0.430 e. The van der Waals surface area contributed by atoms with Crippen molar-refractivity contribution in [3.05, 3.63) is 41.5 Å². The molecule has 1 fully saturated rings. The molecule has 2 rings (SSSR count). The van der Waals surface area contributed by atoms with Crippen molar-refractivity contribution in [2.24, 2.45) is 0 Å². The highest BCUT2D eigenvalue weighted by atomic mass is 19.4. The van der Waals surface area contributed by atoms with Gasteiger partial charge in [-0.15, -0.1) is 0 Å². The molecule has 1 aromatic carbocycles. The first-order chi connectivity index (χ1) is 12.1. The van der Waals surface area contributed by atoms with Crippen LogP contribution in [0.2, 0.25) is 0 Å². The van der Waals surface area contributed by atoms with Gasteiger partial charge in [-0.3, -0.25) is 0 Å². The highest BCUT2D eigenvalue weighted by molar-refractivity contribution is 5.87. The second-order valence-corrected chi connectivity index (χ2v) is 5.59. The van der Waals surface area contributed by atoms with E-state index in [-0.39, 0.29) is 5.56 Å². The lowest BCUT2D eigenvalue weighted by atomic mass is 9.99. The maximum Gasteiger partial charge on any atom is 0.416 e. The van der Waals surface area contributed by atoms with Gasteiger partial charge in [-0.1, -0.05) is 12.1 Å². The van der Waals surface area contributed by atoms with Crippen LogP contribution >= 0.6 is 0 Å². The Hall–Kier alpha value is -1.98. The molecule has 1 heterocycles. The zero-order valence-corrected chi connectivity index (χ0v) is 13.2. The van der Waals surface area contributed by atoms with E-state index in [9.17, 15) is 33.3 Å². The van der Waals surface area contributed by atoms with Crippen molar-refractivity contribution in [2.45, 2.75) is 36.9 Å². The standard InChI is InChI=1S/C16H17F3O7/c17-16(18,19)9-3-1-2-8(6-9)4-5-11(21)26-15-14(24)13(23)12(22)10(7-20)25-15/h1-6,10,12-15,20,22-24H,7H2/b5-4-/t10-,12-,13+,14-,15+/m1/s1. The highest BCUT2D eigenvalue weighted by Gasteiger charge is 2.45. The molecule has 1 aromatic rings. The van der Waals surface area contributed by atoms with Gasteiger partial charge >= 0.3 is 12.1 Å². The molecule has 5 atom stereocenters. The average Bonchev–Trinajstić information content (AvgIpc) is 2.60. The van der Waals surface area contributed by atoms with Gasteiger partial charge in [0, 0.05) is 6.08 Å². The molecule has 0 unspecified atom stereocenters. The van der Waals surface area contributed by atoms with Crippen molar-refractivity contribution in [1.29, 1.82) is 0 Å². The van der Waals surface area contributed by atoms with E-state index in [2.05, 4.69) is 0 Å². The Bertz CT molecular complexity index is 659. The lowest BCUT2D eigenvalue weighted by Gasteiger charge is -2.38. The molecule has 26 heavy (non-hydrogen) atoms. The Balaban J connectivity index is 2.03. The first-order valence-electron chi connectivity index (χ1n) is 7.50. The quantitative estimate of drug-likeness (QED) is 0.433. The van der Waals surface area contributed by atoms with Crippen LogP contribution in [-0.2, 0) is 20.4 Å². The maximum absolute atomic E-state index is 12.6. The lowest BCUT2D eigenvalue weighted by Crippen LogP contribution is -2.59. The van der Waals surface area contributed by atoms with E-state index in [0.717, 1.165) is 24.3 Å². The summed E-state index contributed by atoms with van der Waals surface area (Å²) in [6.07, 6.45) is -10.6. The van der Waals surface area contributed by atoms with Crippen molar-refractivity contribution in [3.63, 3.8) is 0 Å². The summed E-state index contributed by atoms with van der Waals surface area (Å²) in [5, 5.41) is 38.0. The fraction of sp³-hybridized carbons (Fsp3) is 0.438. The smallest absolute Gasteiger partial charge is 0.416 e. The molecule has 4 N–H and O–H groups in total. The Morgan fingerprint density at radius 2 is 1.88 bits per heavy atom. The first-order valence-corrected chi connectivity index (χ1v) is 7.50. The summed E-state index contributed by atoms with van der Waals surface area (Å²) in [7, 11) is 0. The highest BCUT2D eigenvalue weighted by Crippen LogP contribution is 2.29. The van der Waals surface area contributed by atoms with Crippen LogP contribution in [0.25, 0.3) is 6.08 Å². The molecule has 7 nitrogen and oxygen atoms in total. The lowest BCUT2D eigenvalue weighted by molar-refractivity contribution is -0.291. The van der Waals surface area contributed by atoms with Crippen molar-refractivity contribution in [1.82, 2.24) is 0 Å². The Labute approximate surface area is 145 Å². The molecule has 1 saturated heterocycles. The van der Waals surface area contributed by atoms with E-state index in [1.165, 1.54) is 12.1 Å². The third kappa shape index (κ3) is 4.80. The van der Waals surface area contributed by atoms with Gasteiger partial charge in [-0.2, -0.15) is 13.2 Å². The first kappa shape index (κ1) is 20.3. The number of halogens is 3. The normalized spacial score (nSPS) is 29.7. The molecule has 0 aliphatic carbocycles. The van der Waals surface area contributed by atoms with Gasteiger partial charge in [-0.25, -0.2) is 4.79 Å². The fourth-order valence-electron chi connectivity index (χ4n) is 2.30. The van der Waals surface area contributed by atoms with Gasteiger partial charge in [0.05, 0.1) is 12.2 Å². The number of ether oxygens (including phenoxy) is 2. The van der Waals surface area contributed by atoms with Crippen molar-refractivity contribution >= 4 is 12.0 Å². The summed E-state index contributed by atoms with van der Waals surface area (Å²) in [6.45, 7) is -0.695. The number of hydrogen-bond donors (Lipinski definition) is 4.